The first-order valence-electron chi connectivity index (χ1n) is 6.58. The molecule has 20 heavy (non-hydrogen) atoms. The van der Waals surface area contributed by atoms with Crippen LogP contribution >= 0.6 is 0 Å². The summed E-state index contributed by atoms with van der Waals surface area (Å²) in [4.78, 5) is 12.7. The van der Waals surface area contributed by atoms with Gasteiger partial charge in [-0.15, -0.1) is 0 Å². The fourth-order valence-electron chi connectivity index (χ4n) is 2.44. The third-order valence-corrected chi connectivity index (χ3v) is 3.52. The van der Waals surface area contributed by atoms with Crippen LogP contribution in [-0.2, 0) is 24.5 Å². The van der Waals surface area contributed by atoms with Crippen molar-refractivity contribution in [1.29, 1.82) is 0 Å². The molecule has 0 fully saturated rings. The second-order valence-electron chi connectivity index (χ2n) is 4.68. The maximum Gasteiger partial charge on any atom is 0.214 e. The van der Waals surface area contributed by atoms with Gasteiger partial charge in [-0.25, -0.2) is 0 Å². The summed E-state index contributed by atoms with van der Waals surface area (Å²) >= 11 is 0. The third-order valence-electron chi connectivity index (χ3n) is 3.52. The van der Waals surface area contributed by atoms with Gasteiger partial charge in [-0.1, -0.05) is 12.1 Å². The first kappa shape index (κ1) is 12.9. The van der Waals surface area contributed by atoms with Crippen LogP contribution in [0.4, 0.5) is 0 Å². The van der Waals surface area contributed by atoms with E-state index in [9.17, 15) is 4.79 Å². The lowest BCUT2D eigenvalue weighted by molar-refractivity contribution is 0.102. The van der Waals surface area contributed by atoms with Gasteiger partial charge in [0, 0.05) is 12.1 Å². The second kappa shape index (κ2) is 5.09. The Bertz CT molecular complexity index is 640. The minimum Gasteiger partial charge on any atom is -0.493 e. The van der Waals surface area contributed by atoms with E-state index < -0.39 is 0 Å². The molecule has 2 aromatic rings. The second-order valence-corrected chi connectivity index (χ2v) is 4.68. The Kier molecular flexibility index (Phi) is 3.28. The van der Waals surface area contributed by atoms with Crippen molar-refractivity contribution in [2.45, 2.75) is 26.7 Å². The van der Waals surface area contributed by atoms with Gasteiger partial charge in [0.15, 0.2) is 11.4 Å². The van der Waals surface area contributed by atoms with Crippen molar-refractivity contribution >= 4 is 5.78 Å². The summed E-state index contributed by atoms with van der Waals surface area (Å²) in [6.45, 7) is 3.76. The highest BCUT2D eigenvalue weighted by atomic mass is 16.5. The molecular weight excluding hydrogens is 256 g/mol. The molecule has 1 aliphatic rings. The lowest BCUT2D eigenvalue weighted by Gasteiger charge is -2.07. The SMILES string of the molecule is CCn1ncc(OC)c1C(=O)c1ccc2c(c1)COC2. The van der Waals surface area contributed by atoms with Gasteiger partial charge in [-0.2, -0.15) is 5.10 Å². The maximum atomic E-state index is 12.7. The number of aromatic nitrogens is 2. The Balaban J connectivity index is 2.02. The first-order chi connectivity index (χ1) is 9.74. The van der Waals surface area contributed by atoms with Gasteiger partial charge in [-0.3, -0.25) is 9.48 Å². The van der Waals surface area contributed by atoms with Crippen LogP contribution in [0.5, 0.6) is 5.75 Å². The standard InChI is InChI=1S/C15H16N2O3/c1-3-17-14(13(19-2)7-16-17)15(18)10-4-5-11-8-20-9-12(11)6-10/h4-7H,3,8-9H2,1-2H3. The van der Waals surface area contributed by atoms with Crippen LogP contribution in [-0.4, -0.2) is 22.7 Å². The molecule has 0 bridgehead atoms. The molecule has 0 saturated heterocycles. The summed E-state index contributed by atoms with van der Waals surface area (Å²) in [7, 11) is 1.55. The van der Waals surface area contributed by atoms with Crippen LogP contribution in [0.15, 0.2) is 24.4 Å². The van der Waals surface area contributed by atoms with E-state index in [1.807, 2.05) is 25.1 Å². The number of aryl methyl sites for hydroxylation is 1. The van der Waals surface area contributed by atoms with E-state index in [1.165, 1.54) is 0 Å². The minimum absolute atomic E-state index is 0.0732. The van der Waals surface area contributed by atoms with Gasteiger partial charge in [0.2, 0.25) is 5.78 Å². The van der Waals surface area contributed by atoms with Gasteiger partial charge in [0.05, 0.1) is 26.5 Å². The van der Waals surface area contributed by atoms with Crippen LogP contribution in [0.2, 0.25) is 0 Å². The van der Waals surface area contributed by atoms with Gasteiger partial charge in [0.1, 0.15) is 0 Å². The van der Waals surface area contributed by atoms with E-state index in [2.05, 4.69) is 5.10 Å². The first-order valence-corrected chi connectivity index (χ1v) is 6.58. The highest BCUT2D eigenvalue weighted by molar-refractivity contribution is 6.09. The Morgan fingerprint density at radius 3 is 2.95 bits per heavy atom. The Labute approximate surface area is 117 Å². The number of rotatable bonds is 4. The summed E-state index contributed by atoms with van der Waals surface area (Å²) in [5.41, 5.74) is 3.37. The van der Waals surface area contributed by atoms with Crippen LogP contribution < -0.4 is 4.74 Å². The summed E-state index contributed by atoms with van der Waals surface area (Å²) in [6.07, 6.45) is 1.58. The molecule has 3 rings (SSSR count). The average Bonchev–Trinajstić information content (AvgIpc) is 3.11. The number of benzene rings is 1. The van der Waals surface area contributed by atoms with Crippen LogP contribution in [0.25, 0.3) is 0 Å². The predicted octanol–water partition coefficient (Wildman–Crippen LogP) is 2.17. The molecule has 1 aromatic heterocycles. The molecule has 0 saturated carbocycles. The molecule has 0 N–H and O–H groups in total. The number of ketones is 1. The molecule has 0 spiro atoms. The minimum atomic E-state index is -0.0732. The van der Waals surface area contributed by atoms with Crippen molar-refractivity contribution < 1.29 is 14.3 Å². The van der Waals surface area contributed by atoms with Crippen molar-refractivity contribution in [3.05, 3.63) is 46.8 Å². The fourth-order valence-corrected chi connectivity index (χ4v) is 2.44. The monoisotopic (exact) mass is 272 g/mol. The van der Waals surface area contributed by atoms with E-state index in [0.717, 1.165) is 11.1 Å². The molecule has 0 aliphatic carbocycles. The number of hydrogen-bond acceptors (Lipinski definition) is 4. The van der Waals surface area contributed by atoms with Gasteiger partial charge in [-0.05, 0) is 24.1 Å². The number of nitrogens with zero attached hydrogens (tertiary/aromatic N) is 2. The highest BCUT2D eigenvalue weighted by Gasteiger charge is 2.22. The smallest absolute Gasteiger partial charge is 0.214 e. The summed E-state index contributed by atoms with van der Waals surface area (Å²) < 4.78 is 12.3. The van der Waals surface area contributed by atoms with Crippen LogP contribution in [0, 0.1) is 0 Å². The average molecular weight is 272 g/mol. The van der Waals surface area contributed by atoms with Crippen molar-refractivity contribution in [3.8, 4) is 5.75 Å². The lowest BCUT2D eigenvalue weighted by atomic mass is 10.0. The molecule has 1 aliphatic heterocycles. The fraction of sp³-hybridized carbons (Fsp3) is 0.333. The zero-order chi connectivity index (χ0) is 14.1. The molecule has 0 amide bonds. The summed E-state index contributed by atoms with van der Waals surface area (Å²) in [5, 5.41) is 4.17. The normalized spacial score (nSPS) is 13.3. The topological polar surface area (TPSA) is 53.4 Å². The Hall–Kier alpha value is -2.14. The molecule has 5 nitrogen and oxygen atoms in total. The number of methoxy groups -OCH3 is 1. The molecule has 1 aromatic carbocycles. The third kappa shape index (κ3) is 2.00. The van der Waals surface area contributed by atoms with Crippen molar-refractivity contribution in [3.63, 3.8) is 0 Å². The predicted molar refractivity (Wildman–Crippen MR) is 72.8 cm³/mol. The van der Waals surface area contributed by atoms with Crippen molar-refractivity contribution in [1.82, 2.24) is 9.78 Å². The molecule has 0 radical (unpaired) electrons. The largest absolute Gasteiger partial charge is 0.493 e. The number of carbonyl (C=O) groups excluding carboxylic acids is 1. The number of hydrogen-bond donors (Lipinski definition) is 0. The van der Waals surface area contributed by atoms with E-state index in [-0.39, 0.29) is 5.78 Å². The van der Waals surface area contributed by atoms with Gasteiger partial charge >= 0.3 is 0 Å². The molecule has 2 heterocycles. The van der Waals surface area contributed by atoms with Crippen molar-refractivity contribution in [2.75, 3.05) is 7.11 Å². The van der Waals surface area contributed by atoms with E-state index in [4.69, 9.17) is 9.47 Å². The summed E-state index contributed by atoms with van der Waals surface area (Å²) in [6, 6.07) is 5.69. The number of fused-ring (bicyclic) bond motifs is 1. The number of carbonyl (C=O) groups is 1. The van der Waals surface area contributed by atoms with Gasteiger partial charge < -0.3 is 9.47 Å². The molecular formula is C15H16N2O3. The Morgan fingerprint density at radius 2 is 2.20 bits per heavy atom. The van der Waals surface area contributed by atoms with E-state index >= 15 is 0 Å². The van der Waals surface area contributed by atoms with Gasteiger partial charge in [0.25, 0.3) is 0 Å². The van der Waals surface area contributed by atoms with E-state index in [1.54, 1.807) is 18.0 Å². The molecule has 104 valence electrons. The maximum absolute atomic E-state index is 12.7. The quantitative estimate of drug-likeness (QED) is 0.800. The molecule has 0 atom stereocenters. The summed E-state index contributed by atoms with van der Waals surface area (Å²) in [5.74, 6) is 0.435. The van der Waals surface area contributed by atoms with Crippen molar-refractivity contribution in [2.24, 2.45) is 0 Å². The number of ether oxygens (including phenoxy) is 2. The highest BCUT2D eigenvalue weighted by Crippen LogP contribution is 2.25. The lowest BCUT2D eigenvalue weighted by Crippen LogP contribution is -2.12. The molecule has 5 heteroatoms. The zero-order valence-corrected chi connectivity index (χ0v) is 11.5. The van der Waals surface area contributed by atoms with Crippen LogP contribution in [0.3, 0.4) is 0 Å². The Morgan fingerprint density at radius 1 is 1.40 bits per heavy atom. The zero-order valence-electron chi connectivity index (χ0n) is 11.5. The van der Waals surface area contributed by atoms with Crippen LogP contribution in [0.1, 0.15) is 34.1 Å². The molecule has 0 unspecified atom stereocenters. The van der Waals surface area contributed by atoms with E-state index in [0.29, 0.717) is 36.8 Å².